The summed E-state index contributed by atoms with van der Waals surface area (Å²) in [6.45, 7) is 0.620. The van der Waals surface area contributed by atoms with Crippen LogP contribution in [0.5, 0.6) is 11.6 Å². The second kappa shape index (κ2) is 9.17. The number of hydrogen-bond acceptors (Lipinski definition) is 3. The average Bonchev–Trinajstić information content (AvgIpc) is 2.68. The lowest BCUT2D eigenvalue weighted by molar-refractivity contribution is 0.410. The van der Waals surface area contributed by atoms with Crippen LogP contribution in [0.15, 0.2) is 47.6 Å². The fraction of sp³-hybridized carbons (Fsp3) is 0.400. The number of rotatable bonds is 5. The van der Waals surface area contributed by atoms with Crippen LogP contribution in [0.25, 0.3) is 0 Å². The zero-order valence-electron chi connectivity index (χ0n) is 15.0. The molecule has 0 saturated heterocycles. The maximum atomic E-state index is 13.0. The van der Waals surface area contributed by atoms with Gasteiger partial charge in [0, 0.05) is 31.9 Å². The van der Waals surface area contributed by atoms with Crippen LogP contribution in [0.4, 0.5) is 4.39 Å². The Morgan fingerprint density at radius 2 is 1.96 bits per heavy atom. The van der Waals surface area contributed by atoms with Gasteiger partial charge in [-0.2, -0.15) is 0 Å². The van der Waals surface area contributed by atoms with Crippen molar-refractivity contribution in [3.05, 3.63) is 54.0 Å². The minimum absolute atomic E-state index is 0.292. The van der Waals surface area contributed by atoms with E-state index in [1.54, 1.807) is 25.4 Å². The summed E-state index contributed by atoms with van der Waals surface area (Å²) in [7, 11) is 1.79. The van der Waals surface area contributed by atoms with Crippen molar-refractivity contribution in [1.82, 2.24) is 15.6 Å². The highest BCUT2D eigenvalue weighted by Gasteiger charge is 2.14. The molecule has 1 aliphatic rings. The minimum Gasteiger partial charge on any atom is -0.439 e. The van der Waals surface area contributed by atoms with Crippen molar-refractivity contribution >= 4 is 5.96 Å². The fourth-order valence-electron chi connectivity index (χ4n) is 3.06. The lowest BCUT2D eigenvalue weighted by Gasteiger charge is -2.24. The highest BCUT2D eigenvalue weighted by molar-refractivity contribution is 5.79. The number of benzene rings is 1. The lowest BCUT2D eigenvalue weighted by atomic mass is 9.96. The third-order valence-corrected chi connectivity index (χ3v) is 4.46. The SMILES string of the molecule is CN=C(NCc1ccnc(Oc2ccc(F)cc2)c1)NC1CCCCC1. The molecule has 0 bridgehead atoms. The highest BCUT2D eigenvalue weighted by Crippen LogP contribution is 2.20. The molecular weight excluding hydrogens is 331 g/mol. The molecule has 1 saturated carbocycles. The molecule has 0 spiro atoms. The number of guanidine groups is 1. The molecule has 2 aromatic rings. The van der Waals surface area contributed by atoms with Gasteiger partial charge in [0.1, 0.15) is 11.6 Å². The van der Waals surface area contributed by atoms with E-state index in [1.165, 1.54) is 44.2 Å². The van der Waals surface area contributed by atoms with E-state index in [0.29, 0.717) is 24.2 Å². The van der Waals surface area contributed by atoms with Crippen molar-refractivity contribution in [3.8, 4) is 11.6 Å². The molecule has 2 N–H and O–H groups in total. The number of nitrogens with one attached hydrogen (secondary N) is 2. The first-order valence-corrected chi connectivity index (χ1v) is 9.08. The Morgan fingerprint density at radius 3 is 2.69 bits per heavy atom. The van der Waals surface area contributed by atoms with E-state index in [1.807, 2.05) is 12.1 Å². The Kier molecular flexibility index (Phi) is 6.41. The highest BCUT2D eigenvalue weighted by atomic mass is 19.1. The molecule has 1 aromatic heterocycles. The maximum Gasteiger partial charge on any atom is 0.219 e. The number of hydrogen-bond donors (Lipinski definition) is 2. The predicted molar refractivity (Wildman–Crippen MR) is 101 cm³/mol. The second-order valence-corrected chi connectivity index (χ2v) is 6.46. The molecule has 0 aliphatic heterocycles. The Hall–Kier alpha value is -2.63. The van der Waals surface area contributed by atoms with Gasteiger partial charge < -0.3 is 15.4 Å². The van der Waals surface area contributed by atoms with E-state index < -0.39 is 0 Å². The van der Waals surface area contributed by atoms with Gasteiger partial charge >= 0.3 is 0 Å². The lowest BCUT2D eigenvalue weighted by Crippen LogP contribution is -2.43. The van der Waals surface area contributed by atoms with E-state index in [2.05, 4.69) is 20.6 Å². The molecule has 138 valence electrons. The monoisotopic (exact) mass is 356 g/mol. The summed E-state index contributed by atoms with van der Waals surface area (Å²) in [6, 6.07) is 10.2. The van der Waals surface area contributed by atoms with Crippen LogP contribution < -0.4 is 15.4 Å². The second-order valence-electron chi connectivity index (χ2n) is 6.46. The Morgan fingerprint density at radius 1 is 1.19 bits per heavy atom. The summed E-state index contributed by atoms with van der Waals surface area (Å²) in [5.41, 5.74) is 1.03. The summed E-state index contributed by atoms with van der Waals surface area (Å²) in [5.74, 6) is 1.56. The summed E-state index contributed by atoms with van der Waals surface area (Å²) in [5, 5.41) is 6.83. The van der Waals surface area contributed by atoms with Gasteiger partial charge in [0.05, 0.1) is 0 Å². The maximum absolute atomic E-state index is 13.0. The van der Waals surface area contributed by atoms with Crippen LogP contribution in [-0.2, 0) is 6.54 Å². The van der Waals surface area contributed by atoms with Crippen molar-refractivity contribution in [1.29, 1.82) is 0 Å². The summed E-state index contributed by atoms with van der Waals surface area (Å²) in [6.07, 6.45) is 7.99. The average molecular weight is 356 g/mol. The van der Waals surface area contributed by atoms with Gasteiger partial charge in [0.2, 0.25) is 5.88 Å². The molecule has 0 unspecified atom stereocenters. The quantitative estimate of drug-likeness (QED) is 0.628. The Labute approximate surface area is 153 Å². The number of ether oxygens (including phenoxy) is 1. The molecule has 0 atom stereocenters. The van der Waals surface area contributed by atoms with Gasteiger partial charge in [-0.3, -0.25) is 4.99 Å². The summed E-state index contributed by atoms with van der Waals surface area (Å²) < 4.78 is 18.6. The smallest absolute Gasteiger partial charge is 0.219 e. The van der Waals surface area contributed by atoms with Crippen LogP contribution in [-0.4, -0.2) is 24.0 Å². The molecule has 0 amide bonds. The molecule has 1 aromatic carbocycles. The Bertz CT molecular complexity index is 727. The van der Waals surface area contributed by atoms with Crippen LogP contribution in [0, 0.1) is 5.82 Å². The zero-order valence-corrected chi connectivity index (χ0v) is 15.0. The number of halogens is 1. The van der Waals surface area contributed by atoms with Crippen molar-refractivity contribution < 1.29 is 9.13 Å². The van der Waals surface area contributed by atoms with Crippen molar-refractivity contribution in [2.45, 2.75) is 44.7 Å². The first-order chi connectivity index (χ1) is 12.7. The Balaban J connectivity index is 1.54. The van der Waals surface area contributed by atoms with Crippen molar-refractivity contribution in [3.63, 3.8) is 0 Å². The number of aromatic nitrogens is 1. The summed E-state index contributed by atoms with van der Waals surface area (Å²) >= 11 is 0. The number of aliphatic imine (C=N–C) groups is 1. The number of nitrogens with zero attached hydrogens (tertiary/aromatic N) is 2. The molecule has 5 nitrogen and oxygen atoms in total. The molecule has 1 aliphatic carbocycles. The van der Waals surface area contributed by atoms with Crippen LogP contribution >= 0.6 is 0 Å². The van der Waals surface area contributed by atoms with E-state index in [0.717, 1.165) is 11.5 Å². The molecule has 0 radical (unpaired) electrons. The molecule has 3 rings (SSSR count). The zero-order chi connectivity index (χ0) is 18.2. The largest absolute Gasteiger partial charge is 0.439 e. The minimum atomic E-state index is -0.292. The van der Waals surface area contributed by atoms with Gasteiger partial charge in [0.25, 0.3) is 0 Å². The standard InChI is InChI=1S/C20H25FN4O/c1-22-20(25-17-5-3-2-4-6-17)24-14-15-11-12-23-19(13-15)26-18-9-7-16(21)8-10-18/h7-13,17H,2-6,14H2,1H3,(H2,22,24,25). The third kappa shape index (κ3) is 5.44. The first kappa shape index (κ1) is 18.2. The predicted octanol–water partition coefficient (Wildman–Crippen LogP) is 4.01. The van der Waals surface area contributed by atoms with Gasteiger partial charge in [-0.1, -0.05) is 19.3 Å². The van der Waals surface area contributed by atoms with Gasteiger partial charge in [-0.05, 0) is 48.7 Å². The van der Waals surface area contributed by atoms with Gasteiger partial charge in [-0.25, -0.2) is 9.37 Å². The molecule has 1 heterocycles. The van der Waals surface area contributed by atoms with Crippen molar-refractivity contribution in [2.75, 3.05) is 7.05 Å². The summed E-state index contributed by atoms with van der Waals surface area (Å²) in [4.78, 5) is 8.52. The van der Waals surface area contributed by atoms with Crippen molar-refractivity contribution in [2.24, 2.45) is 4.99 Å². The van der Waals surface area contributed by atoms with E-state index in [9.17, 15) is 4.39 Å². The normalized spacial score (nSPS) is 15.5. The third-order valence-electron chi connectivity index (χ3n) is 4.46. The topological polar surface area (TPSA) is 58.5 Å². The van der Waals surface area contributed by atoms with Crippen LogP contribution in [0.3, 0.4) is 0 Å². The van der Waals surface area contributed by atoms with E-state index >= 15 is 0 Å². The van der Waals surface area contributed by atoms with E-state index in [4.69, 9.17) is 4.74 Å². The number of pyridine rings is 1. The first-order valence-electron chi connectivity index (χ1n) is 9.08. The van der Waals surface area contributed by atoms with E-state index in [-0.39, 0.29) is 5.82 Å². The van der Waals surface area contributed by atoms with Crippen LogP contribution in [0.2, 0.25) is 0 Å². The molecule has 6 heteroatoms. The molecule has 26 heavy (non-hydrogen) atoms. The molecular formula is C20H25FN4O. The fourth-order valence-corrected chi connectivity index (χ4v) is 3.06. The van der Waals surface area contributed by atoms with Gasteiger partial charge in [0.15, 0.2) is 5.96 Å². The van der Waals surface area contributed by atoms with Gasteiger partial charge in [-0.15, -0.1) is 0 Å². The van der Waals surface area contributed by atoms with Crippen LogP contribution in [0.1, 0.15) is 37.7 Å². The molecule has 1 fully saturated rings.